The van der Waals surface area contributed by atoms with Crippen LogP contribution in [0.2, 0.25) is 0 Å². The highest BCUT2D eigenvalue weighted by Crippen LogP contribution is 2.35. The van der Waals surface area contributed by atoms with Crippen LogP contribution in [0.5, 0.6) is 0 Å². The Kier molecular flexibility index (Phi) is 4.06. The normalized spacial score (nSPS) is 26.5. The van der Waals surface area contributed by atoms with Crippen LogP contribution in [0.25, 0.3) is 0 Å². The molecule has 1 aromatic carbocycles. The highest BCUT2D eigenvalue weighted by Gasteiger charge is 2.32. The molecule has 2 aliphatic rings. The Morgan fingerprint density at radius 1 is 1.24 bits per heavy atom. The monoisotopic (exact) mass is 311 g/mol. The number of nitrogens with one attached hydrogen (secondary N) is 1. The molecule has 0 aromatic heterocycles. The Labute approximate surface area is 125 Å². The van der Waals surface area contributed by atoms with Gasteiger partial charge in [-0.3, -0.25) is 0 Å². The number of halogens is 1. The zero-order chi connectivity index (χ0) is 15.0. The van der Waals surface area contributed by atoms with Crippen molar-refractivity contribution in [3.05, 3.63) is 29.6 Å². The molecule has 1 heterocycles. The summed E-state index contributed by atoms with van der Waals surface area (Å²) >= 11 is 0. The first-order valence-corrected chi connectivity index (χ1v) is 9.41. The van der Waals surface area contributed by atoms with Gasteiger partial charge >= 0.3 is 0 Å². The third-order valence-corrected chi connectivity index (χ3v) is 6.74. The summed E-state index contributed by atoms with van der Waals surface area (Å²) in [6.45, 7) is 2.16. The molecular formula is C16H22FNO2S. The molecule has 0 bridgehead atoms. The van der Waals surface area contributed by atoms with Gasteiger partial charge in [0.15, 0.2) is 9.84 Å². The maximum Gasteiger partial charge on any atom is 0.178 e. The molecular weight excluding hydrogens is 289 g/mol. The average molecular weight is 311 g/mol. The van der Waals surface area contributed by atoms with Crippen LogP contribution in [0.4, 0.5) is 4.39 Å². The quantitative estimate of drug-likeness (QED) is 0.872. The van der Waals surface area contributed by atoms with Gasteiger partial charge in [0.1, 0.15) is 5.82 Å². The fourth-order valence-electron chi connectivity index (χ4n) is 3.70. The number of benzene rings is 1. The Balaban J connectivity index is 1.85. The van der Waals surface area contributed by atoms with E-state index in [4.69, 9.17) is 0 Å². The van der Waals surface area contributed by atoms with Crippen LogP contribution >= 0.6 is 0 Å². The van der Waals surface area contributed by atoms with E-state index >= 15 is 0 Å². The molecule has 116 valence electrons. The smallest absolute Gasteiger partial charge is 0.178 e. The van der Waals surface area contributed by atoms with Crippen molar-refractivity contribution in [3.8, 4) is 0 Å². The molecule has 0 spiro atoms. The number of sulfone groups is 1. The zero-order valence-electron chi connectivity index (χ0n) is 12.3. The van der Waals surface area contributed by atoms with Crippen LogP contribution in [0, 0.1) is 11.7 Å². The summed E-state index contributed by atoms with van der Waals surface area (Å²) in [7, 11) is -3.25. The van der Waals surface area contributed by atoms with E-state index in [-0.39, 0.29) is 17.6 Å². The summed E-state index contributed by atoms with van der Waals surface area (Å²) in [6.07, 6.45) is 5.54. The lowest BCUT2D eigenvalue weighted by atomic mass is 9.96. The Morgan fingerprint density at radius 2 is 1.95 bits per heavy atom. The Bertz CT molecular complexity index is 623. The molecule has 1 aromatic rings. The van der Waals surface area contributed by atoms with Gasteiger partial charge in [-0.1, -0.05) is 12.8 Å². The highest BCUT2D eigenvalue weighted by atomic mass is 32.2. The van der Waals surface area contributed by atoms with Crippen molar-refractivity contribution >= 4 is 9.84 Å². The van der Waals surface area contributed by atoms with Crippen molar-refractivity contribution in [1.82, 2.24) is 5.32 Å². The number of hydrogen-bond donors (Lipinski definition) is 1. The van der Waals surface area contributed by atoms with Crippen molar-refractivity contribution in [2.24, 2.45) is 5.92 Å². The maximum absolute atomic E-state index is 13.5. The van der Waals surface area contributed by atoms with Crippen LogP contribution in [-0.4, -0.2) is 20.2 Å². The third-order valence-electron chi connectivity index (χ3n) is 4.93. The first-order valence-electron chi connectivity index (χ1n) is 7.75. The molecule has 0 saturated heterocycles. The molecule has 1 aliphatic heterocycles. The van der Waals surface area contributed by atoms with E-state index < -0.39 is 9.84 Å². The fourth-order valence-corrected chi connectivity index (χ4v) is 5.30. The highest BCUT2D eigenvalue weighted by molar-refractivity contribution is 7.91. The van der Waals surface area contributed by atoms with Gasteiger partial charge in [-0.05, 0) is 55.9 Å². The van der Waals surface area contributed by atoms with Crippen molar-refractivity contribution in [1.29, 1.82) is 0 Å². The van der Waals surface area contributed by atoms with Crippen molar-refractivity contribution in [2.45, 2.75) is 56.0 Å². The van der Waals surface area contributed by atoms with E-state index in [2.05, 4.69) is 12.2 Å². The number of fused-ring (bicyclic) bond motifs is 1. The van der Waals surface area contributed by atoms with E-state index in [0.717, 1.165) is 0 Å². The van der Waals surface area contributed by atoms with E-state index in [0.29, 0.717) is 28.8 Å². The van der Waals surface area contributed by atoms with Gasteiger partial charge in [0.25, 0.3) is 0 Å². The lowest BCUT2D eigenvalue weighted by Gasteiger charge is -2.31. The second-order valence-electron chi connectivity index (χ2n) is 6.34. The molecule has 21 heavy (non-hydrogen) atoms. The molecule has 1 aliphatic carbocycles. The lowest BCUT2D eigenvalue weighted by Crippen LogP contribution is -2.38. The van der Waals surface area contributed by atoms with Gasteiger partial charge < -0.3 is 5.32 Å². The first-order chi connectivity index (χ1) is 9.97. The second kappa shape index (κ2) is 5.69. The molecule has 5 heteroatoms. The molecule has 1 N–H and O–H groups in total. The molecule has 3 nitrogen and oxygen atoms in total. The summed E-state index contributed by atoms with van der Waals surface area (Å²) in [4.78, 5) is 0.297. The Morgan fingerprint density at radius 3 is 2.67 bits per heavy atom. The summed E-state index contributed by atoms with van der Waals surface area (Å²) in [5.74, 6) is 0.424. The van der Waals surface area contributed by atoms with Gasteiger partial charge in [0.2, 0.25) is 0 Å². The van der Waals surface area contributed by atoms with Crippen LogP contribution < -0.4 is 5.32 Å². The van der Waals surface area contributed by atoms with Gasteiger partial charge in [0, 0.05) is 12.1 Å². The predicted octanol–water partition coefficient (Wildman–Crippen LogP) is 3.21. The second-order valence-corrected chi connectivity index (χ2v) is 8.42. The van der Waals surface area contributed by atoms with Crippen molar-refractivity contribution in [3.63, 3.8) is 0 Å². The van der Waals surface area contributed by atoms with Crippen molar-refractivity contribution in [2.75, 3.05) is 5.75 Å². The summed E-state index contributed by atoms with van der Waals surface area (Å²) in [5.41, 5.74) is 0.603. The van der Waals surface area contributed by atoms with E-state index in [1.165, 1.54) is 43.9 Å². The largest absolute Gasteiger partial charge is 0.307 e. The Hall–Kier alpha value is -0.940. The third kappa shape index (κ3) is 2.99. The fraction of sp³-hybridized carbons (Fsp3) is 0.625. The van der Waals surface area contributed by atoms with E-state index in [1.54, 1.807) is 0 Å². The van der Waals surface area contributed by atoms with Crippen LogP contribution in [-0.2, 0) is 9.84 Å². The summed E-state index contributed by atoms with van der Waals surface area (Å²) in [6, 6.07) is 4.31. The zero-order valence-corrected chi connectivity index (χ0v) is 13.1. The molecule has 2 unspecified atom stereocenters. The molecule has 1 fully saturated rings. The topological polar surface area (TPSA) is 46.2 Å². The SMILES string of the molecule is CC(NC1CCS(=O)(=O)c2ccc(F)cc21)C1CCCC1. The molecule has 0 amide bonds. The maximum atomic E-state index is 13.5. The van der Waals surface area contributed by atoms with Gasteiger partial charge in [0.05, 0.1) is 10.6 Å². The molecule has 1 saturated carbocycles. The van der Waals surface area contributed by atoms with Gasteiger partial charge in [-0.2, -0.15) is 0 Å². The minimum atomic E-state index is -3.25. The molecule has 2 atom stereocenters. The first kappa shape index (κ1) is 15.0. The molecule has 3 rings (SSSR count). The van der Waals surface area contributed by atoms with Crippen molar-refractivity contribution < 1.29 is 12.8 Å². The lowest BCUT2D eigenvalue weighted by molar-refractivity contribution is 0.334. The van der Waals surface area contributed by atoms with Crippen LogP contribution in [0.1, 0.15) is 50.6 Å². The average Bonchev–Trinajstić information content (AvgIpc) is 2.96. The predicted molar refractivity (Wildman–Crippen MR) is 80.4 cm³/mol. The van der Waals surface area contributed by atoms with Gasteiger partial charge in [-0.15, -0.1) is 0 Å². The number of hydrogen-bond acceptors (Lipinski definition) is 3. The standard InChI is InChI=1S/C16H22FNO2S/c1-11(12-4-2-3-5-12)18-15-8-9-21(19,20)16-7-6-13(17)10-14(15)16/h6-7,10-12,15,18H,2-5,8-9H2,1H3. The minimum Gasteiger partial charge on any atom is -0.307 e. The van der Waals surface area contributed by atoms with Crippen LogP contribution in [0.15, 0.2) is 23.1 Å². The van der Waals surface area contributed by atoms with Crippen LogP contribution in [0.3, 0.4) is 0 Å². The van der Waals surface area contributed by atoms with Gasteiger partial charge in [-0.25, -0.2) is 12.8 Å². The number of rotatable bonds is 3. The van der Waals surface area contributed by atoms with E-state index in [9.17, 15) is 12.8 Å². The summed E-state index contributed by atoms with van der Waals surface area (Å²) in [5, 5.41) is 3.55. The summed E-state index contributed by atoms with van der Waals surface area (Å²) < 4.78 is 37.8. The minimum absolute atomic E-state index is 0.0603. The molecule has 0 radical (unpaired) electrons. The van der Waals surface area contributed by atoms with E-state index in [1.807, 2.05) is 0 Å².